The second kappa shape index (κ2) is 6.26. The molecule has 2 amide bonds. The number of hydrogen-bond acceptors (Lipinski definition) is 4. The molecule has 0 radical (unpaired) electrons. The van der Waals surface area contributed by atoms with Crippen molar-refractivity contribution in [3.8, 4) is 0 Å². The zero-order valence-corrected chi connectivity index (χ0v) is 12.0. The number of rotatable bonds is 4. The molecule has 0 aromatic heterocycles. The number of cyclic esters (lactones) is 1. The number of nitrogens with zero attached hydrogens (tertiary/aromatic N) is 1. The number of hydrogen-bond donors (Lipinski definition) is 1. The quantitative estimate of drug-likeness (QED) is 0.914. The first-order chi connectivity index (χ1) is 10.2. The van der Waals surface area contributed by atoms with E-state index in [9.17, 15) is 9.59 Å². The van der Waals surface area contributed by atoms with E-state index < -0.39 is 6.09 Å². The Bertz CT molecular complexity index is 512. The van der Waals surface area contributed by atoms with Gasteiger partial charge in [-0.05, 0) is 37.4 Å². The second-order valence-electron chi connectivity index (χ2n) is 5.75. The summed E-state index contributed by atoms with van der Waals surface area (Å²) < 4.78 is 5.09. The summed E-state index contributed by atoms with van der Waals surface area (Å²) in [6, 6.07) is 9.71. The van der Waals surface area contributed by atoms with Gasteiger partial charge >= 0.3 is 6.09 Å². The normalized spacial score (nSPS) is 25.1. The number of imide groups is 1. The highest BCUT2D eigenvalue weighted by atomic mass is 16.6. The van der Waals surface area contributed by atoms with Gasteiger partial charge in [0.05, 0.1) is 6.04 Å². The van der Waals surface area contributed by atoms with E-state index in [2.05, 4.69) is 5.32 Å². The topological polar surface area (TPSA) is 58.6 Å². The number of carbonyl (C=O) groups is 2. The van der Waals surface area contributed by atoms with Gasteiger partial charge in [-0.25, -0.2) is 9.69 Å². The summed E-state index contributed by atoms with van der Waals surface area (Å²) in [7, 11) is 0. The largest absolute Gasteiger partial charge is 0.447 e. The van der Waals surface area contributed by atoms with E-state index in [1.165, 1.54) is 4.90 Å². The van der Waals surface area contributed by atoms with Crippen LogP contribution in [-0.2, 0) is 16.0 Å². The van der Waals surface area contributed by atoms with Crippen LogP contribution in [0, 0.1) is 5.92 Å². The Morgan fingerprint density at radius 3 is 2.86 bits per heavy atom. The summed E-state index contributed by atoms with van der Waals surface area (Å²) in [4.78, 5) is 25.6. The van der Waals surface area contributed by atoms with Crippen LogP contribution < -0.4 is 5.32 Å². The maximum absolute atomic E-state index is 12.4. The minimum Gasteiger partial charge on any atom is -0.447 e. The zero-order chi connectivity index (χ0) is 14.7. The Morgan fingerprint density at radius 2 is 2.14 bits per heavy atom. The molecule has 0 bridgehead atoms. The first-order valence-corrected chi connectivity index (χ1v) is 7.47. The lowest BCUT2D eigenvalue weighted by molar-refractivity contribution is -0.130. The van der Waals surface area contributed by atoms with Crippen LogP contribution in [0.25, 0.3) is 0 Å². The van der Waals surface area contributed by atoms with Crippen LogP contribution in [0.1, 0.15) is 18.4 Å². The van der Waals surface area contributed by atoms with Crippen LogP contribution in [0.4, 0.5) is 4.79 Å². The van der Waals surface area contributed by atoms with Crippen LogP contribution in [0.2, 0.25) is 0 Å². The van der Waals surface area contributed by atoms with Crippen molar-refractivity contribution in [1.29, 1.82) is 0 Å². The molecule has 2 saturated heterocycles. The van der Waals surface area contributed by atoms with Gasteiger partial charge in [-0.3, -0.25) is 4.79 Å². The monoisotopic (exact) mass is 288 g/mol. The Hall–Kier alpha value is -1.88. The summed E-state index contributed by atoms with van der Waals surface area (Å²) in [5.74, 6) is 0.232. The Balaban J connectivity index is 1.65. The van der Waals surface area contributed by atoms with Crippen LogP contribution in [0.15, 0.2) is 30.3 Å². The van der Waals surface area contributed by atoms with Crippen molar-refractivity contribution in [3.63, 3.8) is 0 Å². The molecule has 0 aliphatic carbocycles. The maximum Gasteiger partial charge on any atom is 0.416 e. The fraction of sp³-hybridized carbons (Fsp3) is 0.500. The number of amides is 2. The summed E-state index contributed by atoms with van der Waals surface area (Å²) in [5.41, 5.74) is 1.11. The highest BCUT2D eigenvalue weighted by molar-refractivity contribution is 5.93. The molecule has 0 spiro atoms. The van der Waals surface area contributed by atoms with Gasteiger partial charge in [-0.2, -0.15) is 0 Å². The fourth-order valence-corrected chi connectivity index (χ4v) is 3.04. The molecule has 2 aliphatic heterocycles. The molecule has 0 saturated carbocycles. The average molecular weight is 288 g/mol. The smallest absolute Gasteiger partial charge is 0.416 e. The lowest BCUT2D eigenvalue weighted by Crippen LogP contribution is -2.41. The average Bonchev–Trinajstić information content (AvgIpc) is 3.10. The van der Waals surface area contributed by atoms with Crippen molar-refractivity contribution < 1.29 is 14.3 Å². The SMILES string of the molecule is O=C(C[C@@H]1CCNC1)N1C(=O)OC[C@H]1Cc1ccccc1. The minimum atomic E-state index is -0.494. The maximum atomic E-state index is 12.4. The standard InChI is InChI=1S/C16H20N2O3/c19-15(9-13-6-7-17-10-13)18-14(11-21-16(18)20)8-12-4-2-1-3-5-12/h1-5,13-14,17H,6-11H2/t13-,14+/m0/s1. The van der Waals surface area contributed by atoms with Crippen molar-refractivity contribution in [2.45, 2.75) is 25.3 Å². The molecule has 3 rings (SSSR count). The van der Waals surface area contributed by atoms with E-state index in [4.69, 9.17) is 4.74 Å². The minimum absolute atomic E-state index is 0.105. The van der Waals surface area contributed by atoms with E-state index >= 15 is 0 Å². The molecule has 5 nitrogen and oxygen atoms in total. The molecule has 2 aliphatic rings. The zero-order valence-electron chi connectivity index (χ0n) is 12.0. The summed E-state index contributed by atoms with van der Waals surface area (Å²) in [5, 5.41) is 3.24. The van der Waals surface area contributed by atoms with Gasteiger partial charge in [0.25, 0.3) is 0 Å². The third-order valence-corrected chi connectivity index (χ3v) is 4.17. The van der Waals surface area contributed by atoms with E-state index in [1.54, 1.807) is 0 Å². The van der Waals surface area contributed by atoms with Gasteiger partial charge in [-0.15, -0.1) is 0 Å². The Labute approximate surface area is 124 Å². The molecule has 1 aromatic rings. The highest BCUT2D eigenvalue weighted by Crippen LogP contribution is 2.21. The van der Waals surface area contributed by atoms with Crippen molar-refractivity contribution in [2.75, 3.05) is 19.7 Å². The van der Waals surface area contributed by atoms with Crippen LogP contribution >= 0.6 is 0 Å². The third kappa shape index (κ3) is 3.24. The highest BCUT2D eigenvalue weighted by Gasteiger charge is 2.38. The van der Waals surface area contributed by atoms with Gasteiger partial charge in [0.15, 0.2) is 0 Å². The molecule has 2 heterocycles. The molecule has 1 aromatic carbocycles. The van der Waals surface area contributed by atoms with Crippen molar-refractivity contribution in [3.05, 3.63) is 35.9 Å². The van der Waals surface area contributed by atoms with Gasteiger partial charge in [0.2, 0.25) is 5.91 Å². The van der Waals surface area contributed by atoms with E-state index in [0.717, 1.165) is 25.1 Å². The first kappa shape index (κ1) is 14.1. The lowest BCUT2D eigenvalue weighted by Gasteiger charge is -2.21. The van der Waals surface area contributed by atoms with Gasteiger partial charge < -0.3 is 10.1 Å². The summed E-state index contributed by atoms with van der Waals surface area (Å²) in [6.45, 7) is 2.11. The van der Waals surface area contributed by atoms with Crippen molar-refractivity contribution in [2.24, 2.45) is 5.92 Å². The third-order valence-electron chi connectivity index (χ3n) is 4.17. The molecule has 21 heavy (non-hydrogen) atoms. The van der Waals surface area contributed by atoms with Crippen molar-refractivity contribution >= 4 is 12.0 Å². The molecular formula is C16H20N2O3. The fourth-order valence-electron chi connectivity index (χ4n) is 3.04. The Morgan fingerprint density at radius 1 is 1.33 bits per heavy atom. The van der Waals surface area contributed by atoms with E-state index in [-0.39, 0.29) is 11.9 Å². The molecule has 0 unspecified atom stereocenters. The van der Waals surface area contributed by atoms with Crippen LogP contribution in [0.3, 0.4) is 0 Å². The lowest BCUT2D eigenvalue weighted by atomic mass is 10.0. The number of ether oxygens (including phenoxy) is 1. The predicted molar refractivity (Wildman–Crippen MR) is 77.7 cm³/mol. The molecule has 5 heteroatoms. The van der Waals surface area contributed by atoms with Gasteiger partial charge in [-0.1, -0.05) is 30.3 Å². The molecule has 2 atom stereocenters. The van der Waals surface area contributed by atoms with E-state index in [0.29, 0.717) is 25.4 Å². The van der Waals surface area contributed by atoms with Gasteiger partial charge in [0.1, 0.15) is 6.61 Å². The molecule has 2 fully saturated rings. The van der Waals surface area contributed by atoms with E-state index in [1.807, 2.05) is 30.3 Å². The molecule has 1 N–H and O–H groups in total. The van der Waals surface area contributed by atoms with Crippen molar-refractivity contribution in [1.82, 2.24) is 10.2 Å². The first-order valence-electron chi connectivity index (χ1n) is 7.47. The summed E-state index contributed by atoms with van der Waals surface area (Å²) >= 11 is 0. The number of carbonyl (C=O) groups excluding carboxylic acids is 2. The van der Waals surface area contributed by atoms with Gasteiger partial charge in [0, 0.05) is 6.42 Å². The predicted octanol–water partition coefficient (Wildman–Crippen LogP) is 1.58. The number of benzene rings is 1. The molecule has 112 valence electrons. The second-order valence-corrected chi connectivity index (χ2v) is 5.75. The Kier molecular flexibility index (Phi) is 4.20. The van der Waals surface area contributed by atoms with Crippen LogP contribution in [0.5, 0.6) is 0 Å². The molecular weight excluding hydrogens is 268 g/mol. The number of nitrogens with one attached hydrogen (secondary N) is 1. The van der Waals surface area contributed by atoms with Crippen LogP contribution in [-0.4, -0.2) is 42.6 Å². The summed E-state index contributed by atoms with van der Waals surface area (Å²) in [6.07, 6.45) is 1.58.